The molecule has 0 aliphatic carbocycles. The molecule has 176 valence electrons. The van der Waals surface area contributed by atoms with Crippen LogP contribution in [0, 0.1) is 0 Å². The summed E-state index contributed by atoms with van der Waals surface area (Å²) in [6.45, 7) is 5.38. The summed E-state index contributed by atoms with van der Waals surface area (Å²) < 4.78 is 16.0. The largest absolute Gasteiger partial charge is 0.466 e. The highest BCUT2D eigenvalue weighted by molar-refractivity contribution is 6.13. The first-order valence-corrected chi connectivity index (χ1v) is 11.0. The molecule has 34 heavy (non-hydrogen) atoms. The number of hydrogen-bond acceptors (Lipinski definition) is 6. The quantitative estimate of drug-likeness (QED) is 0.253. The minimum atomic E-state index is -0.991. The lowest BCUT2D eigenvalue weighted by Gasteiger charge is -2.23. The number of furan rings is 1. The van der Waals surface area contributed by atoms with Crippen LogP contribution in [0.15, 0.2) is 94.0 Å². The molecule has 1 atom stereocenters. The van der Waals surface area contributed by atoms with Crippen LogP contribution >= 0.6 is 0 Å². The van der Waals surface area contributed by atoms with Crippen LogP contribution in [0.5, 0.6) is 0 Å². The van der Waals surface area contributed by atoms with Crippen LogP contribution in [0.25, 0.3) is 6.08 Å². The van der Waals surface area contributed by atoms with Gasteiger partial charge in [0, 0.05) is 23.1 Å². The lowest BCUT2D eigenvalue weighted by Crippen LogP contribution is -2.32. The first-order valence-electron chi connectivity index (χ1n) is 11.0. The summed E-state index contributed by atoms with van der Waals surface area (Å²) >= 11 is 0. The monoisotopic (exact) mass is 459 g/mol. The van der Waals surface area contributed by atoms with Gasteiger partial charge in [-0.15, -0.1) is 0 Å². The summed E-state index contributed by atoms with van der Waals surface area (Å²) in [5, 5.41) is 0. The number of carbonyl (C=O) groups excluding carboxylic acids is 2. The van der Waals surface area contributed by atoms with Gasteiger partial charge in [-0.25, -0.2) is 9.59 Å². The third kappa shape index (κ3) is 7.04. The van der Waals surface area contributed by atoms with Crippen molar-refractivity contribution in [2.45, 2.75) is 38.8 Å². The fourth-order valence-corrected chi connectivity index (χ4v) is 3.30. The topological polar surface area (TPSA) is 78.1 Å². The van der Waals surface area contributed by atoms with Crippen molar-refractivity contribution in [3.05, 3.63) is 102 Å². The zero-order valence-electron chi connectivity index (χ0n) is 19.9. The number of nitrogens with zero attached hydrogens (tertiary/aromatic N) is 1. The Balaban J connectivity index is 2.10. The van der Waals surface area contributed by atoms with Crippen molar-refractivity contribution in [1.29, 1.82) is 0 Å². The third-order valence-corrected chi connectivity index (χ3v) is 4.78. The highest BCUT2D eigenvalue weighted by Gasteiger charge is 2.29. The van der Waals surface area contributed by atoms with E-state index in [-0.39, 0.29) is 12.0 Å². The van der Waals surface area contributed by atoms with Gasteiger partial charge in [0.1, 0.15) is 11.4 Å². The van der Waals surface area contributed by atoms with E-state index < -0.39 is 23.6 Å². The number of esters is 2. The molecule has 0 aliphatic heterocycles. The van der Waals surface area contributed by atoms with Crippen molar-refractivity contribution in [2.24, 2.45) is 4.99 Å². The van der Waals surface area contributed by atoms with Crippen molar-refractivity contribution in [3.63, 3.8) is 0 Å². The Labute approximate surface area is 199 Å². The number of aliphatic imine (C=N–C) groups is 1. The minimum absolute atomic E-state index is 0.0224. The van der Waals surface area contributed by atoms with Gasteiger partial charge in [-0.1, -0.05) is 60.7 Å². The Hall–Kier alpha value is -3.93. The SMILES string of the molecule is COC(=O)/C(=C\c1ccco1)CC(N=C(c1ccccc1)c1ccccc1)C(=O)OC(C)(C)C. The molecule has 3 aromatic rings. The molecule has 0 saturated carbocycles. The van der Waals surface area contributed by atoms with E-state index in [1.165, 1.54) is 13.4 Å². The Morgan fingerprint density at radius 1 is 0.941 bits per heavy atom. The van der Waals surface area contributed by atoms with E-state index in [1.54, 1.807) is 39.0 Å². The second kappa shape index (κ2) is 11.3. The number of methoxy groups -OCH3 is 1. The molecule has 0 bridgehead atoms. The van der Waals surface area contributed by atoms with Gasteiger partial charge in [-0.3, -0.25) is 4.99 Å². The minimum Gasteiger partial charge on any atom is -0.466 e. The van der Waals surface area contributed by atoms with E-state index in [0.29, 0.717) is 11.5 Å². The molecule has 0 N–H and O–H groups in total. The number of rotatable bonds is 8. The third-order valence-electron chi connectivity index (χ3n) is 4.78. The van der Waals surface area contributed by atoms with E-state index in [2.05, 4.69) is 0 Å². The first-order chi connectivity index (χ1) is 16.3. The number of benzene rings is 2. The molecule has 0 saturated heterocycles. The standard InChI is InChI=1S/C28H29NO5/c1-28(2,3)34-27(31)24(19-22(26(30)32-4)18-23-16-11-17-33-23)29-25(20-12-7-5-8-13-20)21-14-9-6-10-15-21/h5-18,24H,19H2,1-4H3/b22-18-. The number of carbonyl (C=O) groups is 2. The maximum atomic E-state index is 13.3. The van der Waals surface area contributed by atoms with Crippen LogP contribution in [-0.2, 0) is 19.1 Å². The summed E-state index contributed by atoms with van der Waals surface area (Å²) in [6, 6.07) is 21.6. The molecular weight excluding hydrogens is 430 g/mol. The van der Waals surface area contributed by atoms with Crippen LogP contribution in [0.2, 0.25) is 0 Å². The predicted molar refractivity (Wildman–Crippen MR) is 131 cm³/mol. The smallest absolute Gasteiger partial charge is 0.333 e. The van der Waals surface area contributed by atoms with Gasteiger partial charge in [0.15, 0.2) is 6.04 Å². The molecule has 0 radical (unpaired) electrons. The van der Waals surface area contributed by atoms with Crippen molar-refractivity contribution in [1.82, 2.24) is 0 Å². The molecule has 0 amide bonds. The van der Waals surface area contributed by atoms with Gasteiger partial charge in [0.2, 0.25) is 0 Å². The lowest BCUT2D eigenvalue weighted by molar-refractivity contribution is -0.156. The predicted octanol–water partition coefficient (Wildman–Crippen LogP) is 5.47. The summed E-state index contributed by atoms with van der Waals surface area (Å²) in [5.41, 5.74) is 1.84. The molecule has 6 nitrogen and oxygen atoms in total. The maximum absolute atomic E-state index is 13.3. The van der Waals surface area contributed by atoms with E-state index >= 15 is 0 Å². The first kappa shape index (κ1) is 24.7. The fraction of sp³-hybridized carbons (Fsp3) is 0.250. The molecule has 3 rings (SSSR count). The van der Waals surface area contributed by atoms with Gasteiger partial charge in [0.25, 0.3) is 0 Å². The highest BCUT2D eigenvalue weighted by atomic mass is 16.6. The van der Waals surface area contributed by atoms with Crippen molar-refractivity contribution in [3.8, 4) is 0 Å². The second-order valence-electron chi connectivity index (χ2n) is 8.64. The average Bonchev–Trinajstić information content (AvgIpc) is 3.33. The van der Waals surface area contributed by atoms with E-state index in [4.69, 9.17) is 18.9 Å². The molecule has 1 unspecified atom stereocenters. The average molecular weight is 460 g/mol. The van der Waals surface area contributed by atoms with E-state index in [0.717, 1.165) is 11.1 Å². The Morgan fingerprint density at radius 3 is 2.00 bits per heavy atom. The Morgan fingerprint density at radius 2 is 1.53 bits per heavy atom. The molecule has 1 heterocycles. The van der Waals surface area contributed by atoms with E-state index in [9.17, 15) is 9.59 Å². The van der Waals surface area contributed by atoms with Gasteiger partial charge < -0.3 is 13.9 Å². The van der Waals surface area contributed by atoms with Crippen molar-refractivity contribution >= 4 is 23.7 Å². The summed E-state index contributed by atoms with van der Waals surface area (Å²) in [4.78, 5) is 30.7. The molecular formula is C28H29NO5. The van der Waals surface area contributed by atoms with Gasteiger partial charge in [0.05, 0.1) is 19.1 Å². The van der Waals surface area contributed by atoms with Crippen LogP contribution in [0.4, 0.5) is 0 Å². The maximum Gasteiger partial charge on any atom is 0.333 e. The zero-order valence-corrected chi connectivity index (χ0v) is 19.9. The summed E-state index contributed by atoms with van der Waals surface area (Å²) in [7, 11) is 1.30. The molecule has 1 aromatic heterocycles. The van der Waals surface area contributed by atoms with Gasteiger partial charge in [-0.05, 0) is 39.0 Å². The molecule has 0 aliphatic rings. The molecule has 0 spiro atoms. The summed E-state index contributed by atoms with van der Waals surface area (Å²) in [6.07, 6.45) is 3.04. The fourth-order valence-electron chi connectivity index (χ4n) is 3.30. The van der Waals surface area contributed by atoms with Crippen molar-refractivity contribution in [2.75, 3.05) is 7.11 Å². The van der Waals surface area contributed by atoms with Crippen LogP contribution in [0.1, 0.15) is 44.1 Å². The Kier molecular flexibility index (Phi) is 8.19. The normalized spacial score (nSPS) is 12.5. The number of hydrogen-bond donors (Lipinski definition) is 0. The highest BCUT2D eigenvalue weighted by Crippen LogP contribution is 2.21. The molecule has 0 fully saturated rings. The lowest BCUT2D eigenvalue weighted by atomic mass is 10.00. The second-order valence-corrected chi connectivity index (χ2v) is 8.64. The molecule has 2 aromatic carbocycles. The van der Waals surface area contributed by atoms with Crippen molar-refractivity contribution < 1.29 is 23.5 Å². The summed E-state index contributed by atoms with van der Waals surface area (Å²) in [5.74, 6) is -0.633. The van der Waals surface area contributed by atoms with Gasteiger partial charge in [-0.2, -0.15) is 0 Å². The van der Waals surface area contributed by atoms with Crippen LogP contribution < -0.4 is 0 Å². The van der Waals surface area contributed by atoms with Crippen LogP contribution in [0.3, 0.4) is 0 Å². The van der Waals surface area contributed by atoms with E-state index in [1.807, 2.05) is 60.7 Å². The zero-order chi connectivity index (χ0) is 24.6. The van der Waals surface area contributed by atoms with Gasteiger partial charge >= 0.3 is 11.9 Å². The molecule has 6 heteroatoms. The Bertz CT molecular complexity index is 1100. The van der Waals surface area contributed by atoms with Crippen LogP contribution in [-0.4, -0.2) is 36.4 Å². The number of ether oxygens (including phenoxy) is 2.